The summed E-state index contributed by atoms with van der Waals surface area (Å²) < 4.78 is 5.65. The van der Waals surface area contributed by atoms with Crippen LogP contribution in [-0.4, -0.2) is 34.3 Å². The zero-order valence-corrected chi connectivity index (χ0v) is 15.2. The van der Waals surface area contributed by atoms with E-state index in [4.69, 9.17) is 4.74 Å². The summed E-state index contributed by atoms with van der Waals surface area (Å²) in [5.74, 6) is 1.03. The minimum absolute atomic E-state index is 0.210. The number of anilines is 1. The summed E-state index contributed by atoms with van der Waals surface area (Å²) in [5.41, 5.74) is 7.79. The van der Waals surface area contributed by atoms with Crippen molar-refractivity contribution < 1.29 is 9.53 Å². The monoisotopic (exact) mass is 358 g/mol. The maximum absolute atomic E-state index is 12.5. The van der Waals surface area contributed by atoms with E-state index in [1.165, 1.54) is 0 Å². The van der Waals surface area contributed by atoms with Crippen molar-refractivity contribution >= 4 is 23.6 Å². The molecule has 0 aliphatic carbocycles. The van der Waals surface area contributed by atoms with E-state index in [0.29, 0.717) is 11.5 Å². The van der Waals surface area contributed by atoms with Gasteiger partial charge in [0.2, 0.25) is 5.95 Å². The van der Waals surface area contributed by atoms with E-state index in [-0.39, 0.29) is 12.0 Å². The number of carbonyl (C=O) groups excluding carboxylic acids is 1. The van der Waals surface area contributed by atoms with E-state index in [1.807, 2.05) is 44.2 Å². The van der Waals surface area contributed by atoms with Gasteiger partial charge in [-0.25, -0.2) is 9.97 Å². The van der Waals surface area contributed by atoms with Crippen LogP contribution in [0.5, 0.6) is 0 Å². The van der Waals surface area contributed by atoms with Crippen LogP contribution in [0.2, 0.25) is 0 Å². The molecule has 2 N–H and O–H groups in total. The number of nitrogens with one attached hydrogen (secondary N) is 2. The predicted octanol–water partition coefficient (Wildman–Crippen LogP) is 3.12. The maximum Gasteiger partial charge on any atom is 0.270 e. The Morgan fingerprint density at radius 3 is 2.76 bits per heavy atom. The fourth-order valence-corrected chi connectivity index (χ4v) is 3.82. The first kappa shape index (κ1) is 17.7. The Hall–Kier alpha value is -2.12. The van der Waals surface area contributed by atoms with Crippen LogP contribution in [0.3, 0.4) is 0 Å². The van der Waals surface area contributed by atoms with Gasteiger partial charge in [0, 0.05) is 28.6 Å². The topological polar surface area (TPSA) is 76.1 Å². The maximum atomic E-state index is 12.5. The number of rotatable bonds is 6. The lowest BCUT2D eigenvalue weighted by Gasteiger charge is -2.13. The molecule has 1 atom stereocenters. The standard InChI is InChI=1S/C18H22N4O2S/c1-12-10-13(2)20-18(19-12)22-21-17(23)15-7-3-4-8-16(15)25-11-14-6-5-9-24-14/h3-4,7-8,10,14H,5-6,9,11H2,1-2H3,(H,21,23)(H,19,20,22)/t14-/m1/s1. The summed E-state index contributed by atoms with van der Waals surface area (Å²) in [4.78, 5) is 22.0. The molecule has 1 saturated heterocycles. The molecule has 0 saturated carbocycles. The first-order chi connectivity index (χ1) is 12.1. The van der Waals surface area contributed by atoms with E-state index in [0.717, 1.165) is 41.5 Å². The van der Waals surface area contributed by atoms with Crippen molar-refractivity contribution in [2.75, 3.05) is 17.8 Å². The summed E-state index contributed by atoms with van der Waals surface area (Å²) in [5, 5.41) is 0. The lowest BCUT2D eigenvalue weighted by molar-refractivity contribution is 0.0959. The van der Waals surface area contributed by atoms with Crippen LogP contribution >= 0.6 is 11.8 Å². The smallest absolute Gasteiger partial charge is 0.270 e. The summed E-state index contributed by atoms with van der Waals surface area (Å²) in [6.45, 7) is 4.62. The largest absolute Gasteiger partial charge is 0.377 e. The molecule has 1 aliphatic heterocycles. The second kappa shape index (κ2) is 8.31. The Labute approximate surface area is 151 Å². The van der Waals surface area contributed by atoms with Gasteiger partial charge in [0.1, 0.15) is 0 Å². The van der Waals surface area contributed by atoms with Crippen LogP contribution in [0.15, 0.2) is 35.2 Å². The third-order valence-electron chi connectivity index (χ3n) is 3.85. The van der Waals surface area contributed by atoms with Crippen LogP contribution in [-0.2, 0) is 4.74 Å². The number of aromatic nitrogens is 2. The molecule has 1 aromatic heterocycles. The van der Waals surface area contributed by atoms with Crippen LogP contribution in [0.4, 0.5) is 5.95 Å². The number of thioether (sulfide) groups is 1. The normalized spacial score (nSPS) is 16.6. The molecular formula is C18H22N4O2S. The zero-order valence-electron chi connectivity index (χ0n) is 14.4. The molecule has 132 valence electrons. The lowest BCUT2D eigenvalue weighted by Crippen LogP contribution is -2.31. The van der Waals surface area contributed by atoms with Gasteiger partial charge in [-0.05, 0) is 44.9 Å². The molecule has 2 heterocycles. The van der Waals surface area contributed by atoms with E-state index < -0.39 is 0 Å². The van der Waals surface area contributed by atoms with Gasteiger partial charge in [0.25, 0.3) is 5.91 Å². The predicted molar refractivity (Wildman–Crippen MR) is 98.7 cm³/mol. The third-order valence-corrected chi connectivity index (χ3v) is 5.06. The van der Waals surface area contributed by atoms with Crippen molar-refractivity contribution in [1.82, 2.24) is 15.4 Å². The highest BCUT2D eigenvalue weighted by molar-refractivity contribution is 7.99. The minimum Gasteiger partial charge on any atom is -0.377 e. The molecular weight excluding hydrogens is 336 g/mol. The highest BCUT2D eigenvalue weighted by atomic mass is 32.2. The number of aryl methyl sites for hydroxylation is 2. The van der Waals surface area contributed by atoms with E-state index in [9.17, 15) is 4.79 Å². The van der Waals surface area contributed by atoms with Crippen molar-refractivity contribution in [3.8, 4) is 0 Å². The molecule has 0 radical (unpaired) electrons. The zero-order chi connectivity index (χ0) is 17.6. The number of benzene rings is 1. The highest BCUT2D eigenvalue weighted by Gasteiger charge is 2.18. The van der Waals surface area contributed by atoms with Gasteiger partial charge in [0.15, 0.2) is 0 Å². The number of ether oxygens (including phenoxy) is 1. The van der Waals surface area contributed by atoms with Crippen LogP contribution in [0, 0.1) is 13.8 Å². The summed E-state index contributed by atoms with van der Waals surface area (Å²) in [7, 11) is 0. The van der Waals surface area contributed by atoms with E-state index in [1.54, 1.807) is 11.8 Å². The fourth-order valence-electron chi connectivity index (χ4n) is 2.70. The summed E-state index contributed by atoms with van der Waals surface area (Å²) >= 11 is 1.65. The molecule has 7 heteroatoms. The van der Waals surface area contributed by atoms with Gasteiger partial charge in [-0.3, -0.25) is 15.6 Å². The fraction of sp³-hybridized carbons (Fsp3) is 0.389. The molecule has 1 aliphatic rings. The first-order valence-corrected chi connectivity index (χ1v) is 9.32. The van der Waals surface area contributed by atoms with Crippen molar-refractivity contribution in [3.63, 3.8) is 0 Å². The summed E-state index contributed by atoms with van der Waals surface area (Å²) in [6.07, 6.45) is 2.49. The summed E-state index contributed by atoms with van der Waals surface area (Å²) in [6, 6.07) is 9.45. The number of carbonyl (C=O) groups is 1. The highest BCUT2D eigenvalue weighted by Crippen LogP contribution is 2.26. The molecule has 0 spiro atoms. The van der Waals surface area contributed by atoms with Gasteiger partial charge in [-0.1, -0.05) is 12.1 Å². The second-order valence-electron chi connectivity index (χ2n) is 6.00. The first-order valence-electron chi connectivity index (χ1n) is 8.34. The molecule has 0 unspecified atom stereocenters. The molecule has 3 rings (SSSR count). The minimum atomic E-state index is -0.210. The second-order valence-corrected chi connectivity index (χ2v) is 7.06. The molecule has 1 aromatic carbocycles. The van der Waals surface area contributed by atoms with Crippen molar-refractivity contribution in [2.24, 2.45) is 0 Å². The number of hydrazine groups is 1. The number of nitrogens with zero attached hydrogens (tertiary/aromatic N) is 2. The lowest BCUT2D eigenvalue weighted by atomic mass is 10.2. The van der Waals surface area contributed by atoms with E-state index >= 15 is 0 Å². The van der Waals surface area contributed by atoms with Crippen LogP contribution in [0.25, 0.3) is 0 Å². The van der Waals surface area contributed by atoms with Gasteiger partial charge >= 0.3 is 0 Å². The Balaban J connectivity index is 1.63. The molecule has 2 aromatic rings. The number of amides is 1. The van der Waals surface area contributed by atoms with Gasteiger partial charge in [-0.15, -0.1) is 11.8 Å². The quantitative estimate of drug-likeness (QED) is 0.610. The van der Waals surface area contributed by atoms with Crippen molar-refractivity contribution in [3.05, 3.63) is 47.3 Å². The van der Waals surface area contributed by atoms with Gasteiger partial charge in [-0.2, -0.15) is 0 Å². The number of hydrogen-bond donors (Lipinski definition) is 2. The Bertz CT molecular complexity index is 727. The average molecular weight is 358 g/mol. The van der Waals surface area contributed by atoms with Gasteiger partial charge < -0.3 is 4.74 Å². The van der Waals surface area contributed by atoms with E-state index in [2.05, 4.69) is 20.8 Å². The molecule has 0 bridgehead atoms. The third kappa shape index (κ3) is 4.93. The Morgan fingerprint density at radius 2 is 2.04 bits per heavy atom. The van der Waals surface area contributed by atoms with Crippen LogP contribution < -0.4 is 10.9 Å². The SMILES string of the molecule is Cc1cc(C)nc(NNC(=O)c2ccccc2SC[C@H]2CCCO2)n1. The average Bonchev–Trinajstić information content (AvgIpc) is 3.11. The van der Waals surface area contributed by atoms with Crippen molar-refractivity contribution in [1.29, 1.82) is 0 Å². The Morgan fingerprint density at radius 1 is 1.28 bits per heavy atom. The number of hydrogen-bond acceptors (Lipinski definition) is 6. The molecule has 6 nitrogen and oxygen atoms in total. The molecule has 1 amide bonds. The molecule has 25 heavy (non-hydrogen) atoms. The van der Waals surface area contributed by atoms with Gasteiger partial charge in [0.05, 0.1) is 11.7 Å². The molecule has 1 fully saturated rings. The van der Waals surface area contributed by atoms with Crippen molar-refractivity contribution in [2.45, 2.75) is 37.7 Å². The Kier molecular flexibility index (Phi) is 5.88. The van der Waals surface area contributed by atoms with Crippen LogP contribution in [0.1, 0.15) is 34.6 Å².